The van der Waals surface area contributed by atoms with Crippen molar-refractivity contribution in [1.82, 2.24) is 10.6 Å². The Balaban J connectivity index is 1.56. The number of aliphatic imine (C=N–C) groups is 1. The van der Waals surface area contributed by atoms with Gasteiger partial charge >= 0.3 is 0 Å². The van der Waals surface area contributed by atoms with E-state index in [-0.39, 0.29) is 34.6 Å². The number of hydrogen-bond donors (Lipinski definition) is 3. The molecule has 0 unspecified atom stereocenters. The van der Waals surface area contributed by atoms with Crippen molar-refractivity contribution >= 4 is 44.3 Å². The lowest BCUT2D eigenvalue weighted by Crippen LogP contribution is -2.33. The number of amidine groups is 1. The fraction of sp³-hybridized carbons (Fsp3) is 0.438. The summed E-state index contributed by atoms with van der Waals surface area (Å²) in [7, 11) is -2.97. The molecule has 1 saturated heterocycles. The Morgan fingerprint density at radius 2 is 2.00 bits per heavy atom. The molecule has 0 radical (unpaired) electrons. The van der Waals surface area contributed by atoms with Crippen LogP contribution >= 0.6 is 11.8 Å². The number of benzene rings is 1. The molecule has 0 bridgehead atoms. The first-order valence-electron chi connectivity index (χ1n) is 8.17. The van der Waals surface area contributed by atoms with E-state index in [1.54, 1.807) is 18.2 Å². The van der Waals surface area contributed by atoms with Crippen molar-refractivity contribution in [3.8, 4) is 0 Å². The highest BCUT2D eigenvalue weighted by molar-refractivity contribution is 8.15. The highest BCUT2D eigenvalue weighted by atomic mass is 32.2. The number of nitrogens with zero attached hydrogens (tertiary/aromatic N) is 1. The number of rotatable bonds is 5. The predicted molar refractivity (Wildman–Crippen MR) is 102 cm³/mol. The second kappa shape index (κ2) is 7.67. The number of nitrogens with one attached hydrogen (secondary N) is 3. The molecule has 1 aromatic rings. The summed E-state index contributed by atoms with van der Waals surface area (Å²) >= 11 is 1.43. The maximum atomic E-state index is 12.2. The van der Waals surface area contributed by atoms with Gasteiger partial charge in [0.05, 0.1) is 17.5 Å². The van der Waals surface area contributed by atoms with Gasteiger partial charge in [-0.3, -0.25) is 14.6 Å². The Labute approximate surface area is 156 Å². The Bertz CT molecular complexity index is 854. The molecule has 140 valence electrons. The fourth-order valence-corrected chi connectivity index (χ4v) is 6.47. The van der Waals surface area contributed by atoms with Crippen LogP contribution in [-0.2, 0) is 14.6 Å². The average Bonchev–Trinajstić information content (AvgIpc) is 3.04. The molecule has 10 heteroatoms. The van der Waals surface area contributed by atoms with Gasteiger partial charge in [0.2, 0.25) is 5.91 Å². The lowest BCUT2D eigenvalue weighted by Gasteiger charge is -2.09. The quantitative estimate of drug-likeness (QED) is 0.614. The molecule has 8 nitrogen and oxygen atoms in total. The SMILES string of the molecule is CC(=O)NCCNC(=O)c1cccc(NC2=N[C@@H]3CS(=O)(=O)C[C@H]3S2)c1. The van der Waals surface area contributed by atoms with E-state index in [1.807, 2.05) is 6.07 Å². The fourth-order valence-electron chi connectivity index (χ4n) is 2.79. The van der Waals surface area contributed by atoms with E-state index < -0.39 is 9.84 Å². The molecule has 0 saturated carbocycles. The number of fused-ring (bicyclic) bond motifs is 1. The van der Waals surface area contributed by atoms with Crippen LogP contribution in [0.3, 0.4) is 0 Å². The van der Waals surface area contributed by atoms with Gasteiger partial charge in [0.25, 0.3) is 5.91 Å². The summed E-state index contributed by atoms with van der Waals surface area (Å²) in [6.07, 6.45) is 0. The molecule has 2 atom stereocenters. The van der Waals surface area contributed by atoms with Crippen LogP contribution in [0.25, 0.3) is 0 Å². The van der Waals surface area contributed by atoms with Crippen molar-refractivity contribution < 1.29 is 18.0 Å². The van der Waals surface area contributed by atoms with Crippen LogP contribution < -0.4 is 16.0 Å². The molecular formula is C16H20N4O4S2. The van der Waals surface area contributed by atoms with Crippen molar-refractivity contribution in [2.45, 2.75) is 18.2 Å². The zero-order valence-corrected chi connectivity index (χ0v) is 15.8. The van der Waals surface area contributed by atoms with Gasteiger partial charge in [-0.25, -0.2) is 8.42 Å². The molecular weight excluding hydrogens is 376 g/mol. The van der Waals surface area contributed by atoms with Gasteiger partial charge in [-0.15, -0.1) is 0 Å². The van der Waals surface area contributed by atoms with E-state index in [9.17, 15) is 18.0 Å². The molecule has 2 aliphatic heterocycles. The number of amides is 2. The number of carbonyl (C=O) groups excluding carboxylic acids is 2. The predicted octanol–water partition coefficient (Wildman–Crippen LogP) is 0.233. The third-order valence-electron chi connectivity index (χ3n) is 3.98. The van der Waals surface area contributed by atoms with E-state index in [4.69, 9.17) is 0 Å². The maximum absolute atomic E-state index is 12.2. The summed E-state index contributed by atoms with van der Waals surface area (Å²) < 4.78 is 23.2. The normalized spacial score (nSPS) is 23.0. The third-order valence-corrected chi connectivity index (χ3v) is 7.12. The van der Waals surface area contributed by atoms with Gasteiger partial charge in [-0.2, -0.15) is 0 Å². The topological polar surface area (TPSA) is 117 Å². The first kappa shape index (κ1) is 18.7. The lowest BCUT2D eigenvalue weighted by molar-refractivity contribution is -0.118. The molecule has 2 heterocycles. The molecule has 1 aromatic carbocycles. The van der Waals surface area contributed by atoms with Crippen LogP contribution in [-0.4, -0.2) is 61.3 Å². The second-order valence-corrected chi connectivity index (χ2v) is 9.56. The van der Waals surface area contributed by atoms with Gasteiger partial charge in [-0.1, -0.05) is 17.8 Å². The van der Waals surface area contributed by atoms with Crippen LogP contribution in [0.5, 0.6) is 0 Å². The Hall–Kier alpha value is -2.07. The first-order valence-corrected chi connectivity index (χ1v) is 10.9. The molecule has 26 heavy (non-hydrogen) atoms. The second-order valence-electron chi connectivity index (χ2n) is 6.18. The molecule has 2 amide bonds. The van der Waals surface area contributed by atoms with Crippen LogP contribution in [0, 0.1) is 0 Å². The van der Waals surface area contributed by atoms with E-state index in [1.165, 1.54) is 18.7 Å². The van der Waals surface area contributed by atoms with Crippen LogP contribution in [0.1, 0.15) is 17.3 Å². The molecule has 0 aromatic heterocycles. The van der Waals surface area contributed by atoms with E-state index in [2.05, 4.69) is 20.9 Å². The maximum Gasteiger partial charge on any atom is 0.251 e. The summed E-state index contributed by atoms with van der Waals surface area (Å²) in [5, 5.41) is 9.15. The average molecular weight is 396 g/mol. The van der Waals surface area contributed by atoms with Gasteiger partial charge < -0.3 is 16.0 Å². The number of anilines is 1. The number of thioether (sulfide) groups is 1. The minimum atomic E-state index is -2.97. The highest BCUT2D eigenvalue weighted by Gasteiger charge is 2.42. The van der Waals surface area contributed by atoms with Crippen molar-refractivity contribution in [3.63, 3.8) is 0 Å². The van der Waals surface area contributed by atoms with Crippen molar-refractivity contribution in [3.05, 3.63) is 29.8 Å². The van der Waals surface area contributed by atoms with E-state index >= 15 is 0 Å². The molecule has 0 aliphatic carbocycles. The van der Waals surface area contributed by atoms with E-state index in [0.29, 0.717) is 29.5 Å². The standard InChI is InChI=1S/C16H20N4O4S2/c1-10(21)17-5-6-18-15(22)11-3-2-4-12(7-11)19-16-20-13-8-26(23,24)9-14(13)25-16/h2-4,7,13-14H,5-6,8-9H2,1H3,(H,17,21)(H,18,22)(H,19,20)/t13-,14-/m1/s1. The first-order chi connectivity index (χ1) is 12.3. The highest BCUT2D eigenvalue weighted by Crippen LogP contribution is 2.34. The summed E-state index contributed by atoms with van der Waals surface area (Å²) in [4.78, 5) is 27.4. The van der Waals surface area contributed by atoms with Crippen LogP contribution in [0.2, 0.25) is 0 Å². The Morgan fingerprint density at radius 3 is 2.73 bits per heavy atom. The van der Waals surface area contributed by atoms with Crippen LogP contribution in [0.15, 0.2) is 29.3 Å². The number of carbonyl (C=O) groups is 2. The monoisotopic (exact) mass is 396 g/mol. The molecule has 2 aliphatic rings. The smallest absolute Gasteiger partial charge is 0.251 e. The largest absolute Gasteiger partial charge is 0.355 e. The molecule has 3 rings (SSSR count). The summed E-state index contributed by atoms with van der Waals surface area (Å²) in [5.74, 6) is -0.110. The molecule has 0 spiro atoms. The summed E-state index contributed by atoms with van der Waals surface area (Å²) in [5.41, 5.74) is 1.21. The van der Waals surface area contributed by atoms with Gasteiger partial charge in [0, 0.05) is 36.5 Å². The number of sulfone groups is 1. The van der Waals surface area contributed by atoms with Gasteiger partial charge in [0.15, 0.2) is 15.0 Å². The van der Waals surface area contributed by atoms with Crippen molar-refractivity contribution in [1.29, 1.82) is 0 Å². The molecule has 1 fully saturated rings. The minimum absolute atomic E-state index is 0.0252. The van der Waals surface area contributed by atoms with Crippen molar-refractivity contribution in [2.24, 2.45) is 4.99 Å². The minimum Gasteiger partial charge on any atom is -0.355 e. The van der Waals surface area contributed by atoms with Crippen LogP contribution in [0.4, 0.5) is 5.69 Å². The number of hydrogen-bond acceptors (Lipinski definition) is 7. The third kappa shape index (κ3) is 4.76. The molecule has 3 N–H and O–H groups in total. The Kier molecular flexibility index (Phi) is 5.52. The van der Waals surface area contributed by atoms with Gasteiger partial charge in [0.1, 0.15) is 0 Å². The van der Waals surface area contributed by atoms with E-state index in [0.717, 1.165) is 0 Å². The zero-order chi connectivity index (χ0) is 18.7. The van der Waals surface area contributed by atoms with Crippen molar-refractivity contribution in [2.75, 3.05) is 29.9 Å². The zero-order valence-electron chi connectivity index (χ0n) is 14.2. The summed E-state index contributed by atoms with van der Waals surface area (Å²) in [6, 6.07) is 6.80. The lowest BCUT2D eigenvalue weighted by atomic mass is 10.2. The Morgan fingerprint density at radius 1 is 1.23 bits per heavy atom. The summed E-state index contributed by atoms with van der Waals surface area (Å²) in [6.45, 7) is 2.14. The van der Waals surface area contributed by atoms with Gasteiger partial charge in [-0.05, 0) is 18.2 Å².